The summed E-state index contributed by atoms with van der Waals surface area (Å²) in [6.45, 7) is 7.87. The van der Waals surface area contributed by atoms with E-state index in [9.17, 15) is 0 Å². The molecule has 3 heteroatoms. The monoisotopic (exact) mass is 438 g/mol. The van der Waals surface area contributed by atoms with Gasteiger partial charge in [0.1, 0.15) is 5.58 Å². The van der Waals surface area contributed by atoms with Crippen molar-refractivity contribution in [2.24, 2.45) is 0 Å². The molecule has 0 radical (unpaired) electrons. The van der Waals surface area contributed by atoms with Gasteiger partial charge in [-0.3, -0.25) is 0 Å². The quantitative estimate of drug-likeness (QED) is 0.253. The van der Waals surface area contributed by atoms with Crippen LogP contribution in [0.1, 0.15) is 5.69 Å². The molecule has 0 saturated heterocycles. The van der Waals surface area contributed by atoms with Gasteiger partial charge in [-0.15, -0.1) is 0 Å². The van der Waals surface area contributed by atoms with Gasteiger partial charge in [0.25, 0.3) is 0 Å². The molecule has 0 fully saturated rings. The number of hydrogen-bond acceptors (Lipinski definition) is 2. The van der Waals surface area contributed by atoms with E-state index < -0.39 is 0 Å². The zero-order chi connectivity index (χ0) is 23.1. The summed E-state index contributed by atoms with van der Waals surface area (Å²) >= 11 is 0. The van der Waals surface area contributed by atoms with Crippen LogP contribution in [-0.2, 0) is 0 Å². The van der Waals surface area contributed by atoms with Crippen LogP contribution in [0, 0.1) is 0 Å². The highest BCUT2D eigenvalue weighted by molar-refractivity contribution is 6.13. The second-order valence-corrected chi connectivity index (χ2v) is 8.20. The summed E-state index contributed by atoms with van der Waals surface area (Å²) in [5.41, 5.74) is 7.84. The van der Waals surface area contributed by atoms with Crippen LogP contribution in [0.4, 0.5) is 0 Å². The van der Waals surface area contributed by atoms with Crippen LogP contribution in [0.25, 0.3) is 55.3 Å². The van der Waals surface area contributed by atoms with Crippen molar-refractivity contribution in [2.45, 2.75) is 0 Å². The predicted molar refractivity (Wildman–Crippen MR) is 142 cm³/mol. The van der Waals surface area contributed by atoms with E-state index >= 15 is 0 Å². The first kappa shape index (κ1) is 20.0. The maximum atomic E-state index is 5.76. The Hall–Kier alpha value is -4.63. The van der Waals surface area contributed by atoms with E-state index in [4.69, 9.17) is 9.40 Å². The Morgan fingerprint density at radius 1 is 0.824 bits per heavy atom. The van der Waals surface area contributed by atoms with Gasteiger partial charge in [0, 0.05) is 27.8 Å². The molecule has 6 rings (SSSR count). The van der Waals surface area contributed by atoms with Crippen LogP contribution >= 0.6 is 0 Å². The molecule has 162 valence electrons. The lowest BCUT2D eigenvalue weighted by molar-refractivity contribution is 0.616. The van der Waals surface area contributed by atoms with Crippen LogP contribution in [-0.4, -0.2) is 9.55 Å². The fourth-order valence-electron chi connectivity index (χ4n) is 4.64. The van der Waals surface area contributed by atoms with Gasteiger partial charge in [0.15, 0.2) is 0 Å². The Labute approximate surface area is 197 Å². The number of para-hydroxylation sites is 1. The molecular weight excluding hydrogens is 416 g/mol. The van der Waals surface area contributed by atoms with Gasteiger partial charge in [-0.2, -0.15) is 0 Å². The number of fused-ring (bicyclic) bond motifs is 4. The summed E-state index contributed by atoms with van der Waals surface area (Å²) in [5, 5.41) is 3.49. The predicted octanol–water partition coefficient (Wildman–Crippen LogP) is 8.35. The first-order valence-corrected chi connectivity index (χ1v) is 11.2. The largest absolute Gasteiger partial charge is 0.464 e. The smallest absolute Gasteiger partial charge is 0.135 e. The fourth-order valence-corrected chi connectivity index (χ4v) is 4.64. The molecule has 34 heavy (non-hydrogen) atoms. The van der Waals surface area contributed by atoms with Gasteiger partial charge in [0.05, 0.1) is 34.4 Å². The summed E-state index contributed by atoms with van der Waals surface area (Å²) in [6.07, 6.45) is 7.26. The number of furan rings is 1. The van der Waals surface area contributed by atoms with E-state index in [1.165, 1.54) is 10.8 Å². The Morgan fingerprint density at radius 2 is 1.65 bits per heavy atom. The maximum absolute atomic E-state index is 5.76. The van der Waals surface area contributed by atoms with Gasteiger partial charge < -0.3 is 8.98 Å². The molecule has 0 atom stereocenters. The third-order valence-electron chi connectivity index (χ3n) is 6.20. The van der Waals surface area contributed by atoms with E-state index in [1.54, 1.807) is 12.3 Å². The van der Waals surface area contributed by atoms with Crippen LogP contribution in [0.5, 0.6) is 0 Å². The van der Waals surface area contributed by atoms with Gasteiger partial charge in [-0.1, -0.05) is 79.9 Å². The number of rotatable bonds is 5. The lowest BCUT2D eigenvalue weighted by atomic mass is 10.1. The van der Waals surface area contributed by atoms with E-state index in [-0.39, 0.29) is 0 Å². The maximum Gasteiger partial charge on any atom is 0.135 e. The minimum atomic E-state index is 0.844. The lowest BCUT2D eigenvalue weighted by Gasteiger charge is -2.13. The molecule has 0 N–H and O–H groups in total. The standard InChI is InChI=1S/C31H22N2O/c1-3-10-21(4-2)27-18-24(19-28(32-27)22-11-6-5-7-12-22)33-29-14-9-8-13-25(29)26-17-23-15-16-34-31(23)20-30(26)33/h3-20H,1-2H2/b21-10+. The highest BCUT2D eigenvalue weighted by Gasteiger charge is 2.16. The van der Waals surface area contributed by atoms with Crippen molar-refractivity contribution in [1.82, 2.24) is 9.55 Å². The van der Waals surface area contributed by atoms with E-state index in [2.05, 4.69) is 78.4 Å². The van der Waals surface area contributed by atoms with E-state index in [1.807, 2.05) is 36.4 Å². The minimum absolute atomic E-state index is 0.844. The first-order chi connectivity index (χ1) is 16.8. The molecule has 0 bridgehead atoms. The molecule has 0 saturated carbocycles. The Kier molecular flexibility index (Phi) is 4.74. The lowest BCUT2D eigenvalue weighted by Crippen LogP contribution is -1.99. The van der Waals surface area contributed by atoms with Crippen molar-refractivity contribution >= 4 is 38.3 Å². The normalized spacial score (nSPS) is 11.9. The summed E-state index contributed by atoms with van der Waals surface area (Å²) in [7, 11) is 0. The van der Waals surface area contributed by atoms with Gasteiger partial charge >= 0.3 is 0 Å². The summed E-state index contributed by atoms with van der Waals surface area (Å²) in [5.74, 6) is 0. The van der Waals surface area contributed by atoms with Crippen molar-refractivity contribution in [1.29, 1.82) is 0 Å². The fraction of sp³-hybridized carbons (Fsp3) is 0. The first-order valence-electron chi connectivity index (χ1n) is 11.2. The van der Waals surface area contributed by atoms with Crippen LogP contribution in [0.2, 0.25) is 0 Å². The molecule has 0 amide bonds. The number of hydrogen-bond donors (Lipinski definition) is 0. The zero-order valence-electron chi connectivity index (χ0n) is 18.6. The average Bonchev–Trinajstić information content (AvgIpc) is 3.48. The molecule has 0 aliphatic rings. The minimum Gasteiger partial charge on any atom is -0.464 e. The third kappa shape index (κ3) is 3.18. The molecule has 0 spiro atoms. The van der Waals surface area contributed by atoms with Gasteiger partial charge in [-0.25, -0.2) is 4.98 Å². The van der Waals surface area contributed by atoms with Crippen molar-refractivity contribution in [2.75, 3.05) is 0 Å². The molecule has 3 heterocycles. The number of aromatic nitrogens is 2. The summed E-state index contributed by atoms with van der Waals surface area (Å²) in [6, 6.07) is 29.3. The molecule has 0 unspecified atom stereocenters. The van der Waals surface area contributed by atoms with Gasteiger partial charge in [0.2, 0.25) is 0 Å². The van der Waals surface area contributed by atoms with Crippen LogP contribution < -0.4 is 0 Å². The van der Waals surface area contributed by atoms with E-state index in [0.29, 0.717) is 0 Å². The van der Waals surface area contributed by atoms with Crippen molar-refractivity contribution in [3.8, 4) is 16.9 Å². The molecule has 3 aromatic heterocycles. The third-order valence-corrected chi connectivity index (χ3v) is 6.20. The van der Waals surface area contributed by atoms with Crippen molar-refractivity contribution in [3.05, 3.63) is 128 Å². The van der Waals surface area contributed by atoms with Crippen molar-refractivity contribution < 1.29 is 4.42 Å². The zero-order valence-corrected chi connectivity index (χ0v) is 18.6. The number of nitrogens with zero attached hydrogens (tertiary/aromatic N) is 2. The Morgan fingerprint density at radius 3 is 2.47 bits per heavy atom. The number of benzene rings is 3. The topological polar surface area (TPSA) is 31.0 Å². The summed E-state index contributed by atoms with van der Waals surface area (Å²) in [4.78, 5) is 4.99. The average molecular weight is 439 g/mol. The van der Waals surface area contributed by atoms with Crippen LogP contribution in [0.3, 0.4) is 0 Å². The molecule has 0 aliphatic carbocycles. The number of allylic oxidation sites excluding steroid dienone is 4. The SMILES string of the molecule is C=C/C=C(\C=C)c1cc(-n2c3ccccc3c3cc4ccoc4cc32)cc(-c2ccccc2)n1. The number of pyridine rings is 1. The molecule has 3 aromatic carbocycles. The highest BCUT2D eigenvalue weighted by Crippen LogP contribution is 2.36. The molecule has 3 nitrogen and oxygen atoms in total. The molecular formula is C31H22N2O. The van der Waals surface area contributed by atoms with Crippen molar-refractivity contribution in [3.63, 3.8) is 0 Å². The highest BCUT2D eigenvalue weighted by atomic mass is 16.3. The second kappa shape index (κ2) is 8.05. The Bertz CT molecular complexity index is 1730. The second-order valence-electron chi connectivity index (χ2n) is 8.20. The van der Waals surface area contributed by atoms with Gasteiger partial charge in [-0.05, 0) is 35.9 Å². The van der Waals surface area contributed by atoms with E-state index in [0.717, 1.165) is 50.2 Å². The van der Waals surface area contributed by atoms with Crippen LogP contribution in [0.15, 0.2) is 127 Å². The molecule has 6 aromatic rings. The molecule has 0 aliphatic heterocycles. The Balaban J connectivity index is 1.72. The summed E-state index contributed by atoms with van der Waals surface area (Å²) < 4.78 is 8.05.